The third-order valence-corrected chi connectivity index (χ3v) is 6.99. The molecule has 2 saturated carbocycles. The van der Waals surface area contributed by atoms with Gasteiger partial charge in [0.25, 0.3) is 0 Å². The van der Waals surface area contributed by atoms with Gasteiger partial charge in [-0.2, -0.15) is 8.42 Å². The van der Waals surface area contributed by atoms with Gasteiger partial charge in [0, 0.05) is 0 Å². The van der Waals surface area contributed by atoms with Crippen LogP contribution in [0.5, 0.6) is 0 Å². The van der Waals surface area contributed by atoms with Gasteiger partial charge < -0.3 is 0 Å². The Hall–Kier alpha value is -1.69. The maximum Gasteiger partial charge on any atom is 0.401 e. The van der Waals surface area contributed by atoms with Crippen LogP contribution in [0.4, 0.5) is 0 Å². The molecule has 0 amide bonds. The van der Waals surface area contributed by atoms with Crippen molar-refractivity contribution >= 4 is 10.4 Å². The molecule has 2 aromatic carbocycles. The van der Waals surface area contributed by atoms with E-state index in [0.717, 1.165) is 36.8 Å². The third kappa shape index (κ3) is 3.82. The molecule has 4 rings (SSSR count). The summed E-state index contributed by atoms with van der Waals surface area (Å²) in [5, 5.41) is 0. The Morgan fingerprint density at radius 3 is 1.26 bits per heavy atom. The van der Waals surface area contributed by atoms with E-state index in [1.165, 1.54) is 0 Å². The van der Waals surface area contributed by atoms with Gasteiger partial charge in [-0.15, -0.1) is 0 Å². The lowest BCUT2D eigenvalue weighted by Gasteiger charge is -2.33. The van der Waals surface area contributed by atoms with Crippen molar-refractivity contribution < 1.29 is 16.8 Å². The Balaban J connectivity index is 1.63. The first-order chi connectivity index (χ1) is 13.0. The highest BCUT2D eigenvalue weighted by Gasteiger charge is 2.46. The fourth-order valence-corrected chi connectivity index (χ4v) is 5.97. The van der Waals surface area contributed by atoms with E-state index in [9.17, 15) is 8.42 Å². The highest BCUT2D eigenvalue weighted by molar-refractivity contribution is 7.81. The average Bonchev–Trinajstić information content (AvgIpc) is 3.34. The molecule has 2 fully saturated rings. The molecule has 2 aromatic rings. The van der Waals surface area contributed by atoms with Crippen molar-refractivity contribution in [1.82, 2.24) is 0 Å². The van der Waals surface area contributed by atoms with E-state index in [0.29, 0.717) is 25.7 Å². The molecule has 0 aliphatic heterocycles. The van der Waals surface area contributed by atoms with E-state index >= 15 is 0 Å². The largest absolute Gasteiger partial charge is 0.401 e. The highest BCUT2D eigenvalue weighted by atomic mass is 32.3. The monoisotopic (exact) mass is 386 g/mol. The Morgan fingerprint density at radius 2 is 0.926 bits per heavy atom. The quantitative estimate of drug-likeness (QED) is 0.684. The van der Waals surface area contributed by atoms with Crippen molar-refractivity contribution in [2.75, 3.05) is 0 Å². The summed E-state index contributed by atoms with van der Waals surface area (Å²) in [5.41, 5.74) is 0.206. The second-order valence-electron chi connectivity index (χ2n) is 7.71. The van der Waals surface area contributed by atoms with Crippen LogP contribution in [0.1, 0.15) is 62.5 Å². The van der Waals surface area contributed by atoms with Crippen molar-refractivity contribution in [2.45, 2.75) is 62.6 Å². The van der Waals surface area contributed by atoms with Crippen LogP contribution in [-0.2, 0) is 30.0 Å². The minimum absolute atomic E-state index is 0.692. The number of hydrogen-bond acceptors (Lipinski definition) is 4. The molecule has 0 aromatic heterocycles. The maximum atomic E-state index is 13.1. The molecule has 0 atom stereocenters. The van der Waals surface area contributed by atoms with E-state index in [2.05, 4.69) is 0 Å². The smallest absolute Gasteiger partial charge is 0.237 e. The predicted octanol–water partition coefficient (Wildman–Crippen LogP) is 5.20. The van der Waals surface area contributed by atoms with Gasteiger partial charge in [-0.1, -0.05) is 86.3 Å². The summed E-state index contributed by atoms with van der Waals surface area (Å²) in [5.74, 6) is 0. The molecule has 0 spiro atoms. The summed E-state index contributed by atoms with van der Waals surface area (Å²) in [6.07, 6.45) is 6.58. The molecule has 0 N–H and O–H groups in total. The topological polar surface area (TPSA) is 52.6 Å². The van der Waals surface area contributed by atoms with E-state index in [1.54, 1.807) is 0 Å². The van der Waals surface area contributed by atoms with Gasteiger partial charge >= 0.3 is 10.4 Å². The van der Waals surface area contributed by atoms with Gasteiger partial charge in [0.2, 0.25) is 0 Å². The Morgan fingerprint density at radius 1 is 0.593 bits per heavy atom. The fourth-order valence-electron chi connectivity index (χ4n) is 4.62. The van der Waals surface area contributed by atoms with Crippen molar-refractivity contribution in [1.29, 1.82) is 0 Å². The van der Waals surface area contributed by atoms with E-state index in [-0.39, 0.29) is 0 Å². The van der Waals surface area contributed by atoms with Gasteiger partial charge in [0.15, 0.2) is 0 Å². The molecule has 5 heteroatoms. The molecule has 0 heterocycles. The minimum Gasteiger partial charge on any atom is -0.237 e. The first-order valence-electron chi connectivity index (χ1n) is 9.81. The Bertz CT molecular complexity index is 782. The molecule has 27 heavy (non-hydrogen) atoms. The predicted molar refractivity (Wildman–Crippen MR) is 104 cm³/mol. The summed E-state index contributed by atoms with van der Waals surface area (Å²) < 4.78 is 37.8. The third-order valence-electron chi connectivity index (χ3n) is 5.95. The SMILES string of the molecule is O=S(=O)(OC1(c2ccccc2)CCCC1)OC1(c2ccccc2)CCCC1. The van der Waals surface area contributed by atoms with Crippen LogP contribution in [0.15, 0.2) is 60.7 Å². The van der Waals surface area contributed by atoms with Gasteiger partial charge in [0.05, 0.1) is 0 Å². The molecule has 0 unspecified atom stereocenters. The zero-order chi connectivity index (χ0) is 18.8. The second kappa shape index (κ2) is 7.38. The second-order valence-corrected chi connectivity index (χ2v) is 8.86. The molecule has 2 aliphatic carbocycles. The highest BCUT2D eigenvalue weighted by Crippen LogP contribution is 2.47. The first-order valence-corrected chi connectivity index (χ1v) is 11.1. The minimum atomic E-state index is -4.16. The number of rotatable bonds is 6. The van der Waals surface area contributed by atoms with Crippen molar-refractivity contribution in [3.63, 3.8) is 0 Å². The van der Waals surface area contributed by atoms with E-state index < -0.39 is 21.6 Å². The molecular weight excluding hydrogens is 360 g/mol. The summed E-state index contributed by atoms with van der Waals surface area (Å²) in [4.78, 5) is 0. The number of benzene rings is 2. The lowest BCUT2D eigenvalue weighted by molar-refractivity contribution is 0.00944. The average molecular weight is 387 g/mol. The van der Waals surface area contributed by atoms with Crippen LogP contribution in [0.3, 0.4) is 0 Å². The van der Waals surface area contributed by atoms with Crippen LogP contribution < -0.4 is 0 Å². The van der Waals surface area contributed by atoms with Gasteiger partial charge in [-0.3, -0.25) is 0 Å². The van der Waals surface area contributed by atoms with E-state index in [4.69, 9.17) is 8.37 Å². The van der Waals surface area contributed by atoms with Gasteiger partial charge in [-0.25, -0.2) is 8.37 Å². The van der Waals surface area contributed by atoms with Crippen molar-refractivity contribution in [3.05, 3.63) is 71.8 Å². The molecular formula is C22H26O4S. The summed E-state index contributed by atoms with van der Waals surface area (Å²) >= 11 is 0. The molecule has 4 nitrogen and oxygen atoms in total. The zero-order valence-electron chi connectivity index (χ0n) is 15.5. The first kappa shape index (κ1) is 18.7. The fraction of sp³-hybridized carbons (Fsp3) is 0.455. The summed E-state index contributed by atoms with van der Waals surface area (Å²) in [7, 11) is -4.16. The summed E-state index contributed by atoms with van der Waals surface area (Å²) in [6.45, 7) is 0. The Labute approximate surface area is 161 Å². The van der Waals surface area contributed by atoms with Crippen LogP contribution in [0.25, 0.3) is 0 Å². The van der Waals surface area contributed by atoms with E-state index in [1.807, 2.05) is 60.7 Å². The van der Waals surface area contributed by atoms with Gasteiger partial charge in [-0.05, 0) is 36.8 Å². The maximum absolute atomic E-state index is 13.1. The van der Waals surface area contributed by atoms with Gasteiger partial charge in [0.1, 0.15) is 11.2 Å². The van der Waals surface area contributed by atoms with Crippen LogP contribution in [-0.4, -0.2) is 8.42 Å². The molecule has 2 aliphatic rings. The van der Waals surface area contributed by atoms with Crippen molar-refractivity contribution in [3.8, 4) is 0 Å². The van der Waals surface area contributed by atoms with Crippen LogP contribution in [0, 0.1) is 0 Å². The normalized spacial score (nSPS) is 21.3. The van der Waals surface area contributed by atoms with Crippen LogP contribution in [0.2, 0.25) is 0 Å². The Kier molecular flexibility index (Phi) is 5.10. The lowest BCUT2D eigenvalue weighted by atomic mass is 9.92. The molecule has 0 radical (unpaired) electrons. The van der Waals surface area contributed by atoms with Crippen molar-refractivity contribution in [2.24, 2.45) is 0 Å². The zero-order valence-corrected chi connectivity index (χ0v) is 16.3. The number of hydrogen-bond donors (Lipinski definition) is 0. The standard InChI is InChI=1S/C22H26O4S/c23-27(24,25-21(15-7-8-16-21)19-11-3-1-4-12-19)26-22(17-9-10-18-22)20-13-5-2-6-14-20/h1-6,11-14H,7-10,15-18H2. The summed E-state index contributed by atoms with van der Waals surface area (Å²) in [6, 6.07) is 19.4. The molecule has 144 valence electrons. The molecule has 0 bridgehead atoms. The van der Waals surface area contributed by atoms with Crippen LogP contribution >= 0.6 is 0 Å². The molecule has 0 saturated heterocycles. The lowest BCUT2D eigenvalue weighted by Crippen LogP contribution is -2.35.